The monoisotopic (exact) mass is 217 g/mol. The number of hydrogen-bond acceptors (Lipinski definition) is 4. The molecule has 88 valence electrons. The van der Waals surface area contributed by atoms with E-state index in [2.05, 4.69) is 10.6 Å². The summed E-state index contributed by atoms with van der Waals surface area (Å²) in [6.45, 7) is 2.53. The van der Waals surface area contributed by atoms with E-state index in [0.717, 1.165) is 0 Å². The Morgan fingerprint density at radius 1 is 1.33 bits per heavy atom. The summed E-state index contributed by atoms with van der Waals surface area (Å²) in [6.07, 6.45) is 0. The van der Waals surface area contributed by atoms with Gasteiger partial charge in [0.1, 0.15) is 0 Å². The molecule has 3 N–H and O–H groups in total. The molecule has 0 saturated carbocycles. The molecule has 0 aliphatic heterocycles. The molecule has 0 aliphatic carbocycles. The lowest BCUT2D eigenvalue weighted by Gasteiger charge is -2.12. The van der Waals surface area contributed by atoms with E-state index in [1.807, 2.05) is 19.0 Å². The summed E-state index contributed by atoms with van der Waals surface area (Å²) in [4.78, 5) is 24.2. The molecule has 2 amide bonds. The van der Waals surface area contributed by atoms with Crippen molar-refractivity contribution in [3.8, 4) is 0 Å². The van der Waals surface area contributed by atoms with E-state index in [1.54, 1.807) is 6.92 Å². The van der Waals surface area contributed by atoms with E-state index in [9.17, 15) is 9.59 Å². The number of likely N-dealkylation sites (N-methyl/N-ethyl adjacent to an activating group) is 1. The highest BCUT2D eigenvalue weighted by Crippen LogP contribution is 1.79. The summed E-state index contributed by atoms with van der Waals surface area (Å²) in [5.74, 6) is -1.38. The molecule has 6 heteroatoms. The predicted molar refractivity (Wildman–Crippen MR) is 56.3 cm³/mol. The van der Waals surface area contributed by atoms with Crippen molar-refractivity contribution < 1.29 is 14.7 Å². The van der Waals surface area contributed by atoms with Gasteiger partial charge in [-0.25, -0.2) is 0 Å². The maximum atomic E-state index is 11.2. The molecule has 0 heterocycles. The second-order valence-electron chi connectivity index (χ2n) is 3.62. The van der Waals surface area contributed by atoms with E-state index < -0.39 is 17.9 Å². The fraction of sp³-hybridized carbons (Fsp3) is 0.778. The zero-order chi connectivity index (χ0) is 11.8. The van der Waals surface area contributed by atoms with Gasteiger partial charge in [0.15, 0.2) is 0 Å². The van der Waals surface area contributed by atoms with Crippen LogP contribution in [0.4, 0.5) is 0 Å². The highest BCUT2D eigenvalue weighted by Gasteiger charge is 2.14. The molecule has 0 aromatic heterocycles. The third-order valence-corrected chi connectivity index (χ3v) is 1.70. The zero-order valence-electron chi connectivity index (χ0n) is 9.41. The van der Waals surface area contributed by atoms with Crippen LogP contribution in [0.15, 0.2) is 0 Å². The van der Waals surface area contributed by atoms with E-state index in [0.29, 0.717) is 13.1 Å². The van der Waals surface area contributed by atoms with Gasteiger partial charge in [0, 0.05) is 19.1 Å². The molecular weight excluding hydrogens is 198 g/mol. The number of carbonyl (C=O) groups excluding carboxylic acids is 2. The molecule has 0 aliphatic rings. The summed E-state index contributed by atoms with van der Waals surface area (Å²) in [5, 5.41) is 13.5. The first-order valence-electron chi connectivity index (χ1n) is 4.81. The Morgan fingerprint density at radius 3 is 2.40 bits per heavy atom. The Balaban J connectivity index is 3.75. The number of amides is 2. The van der Waals surface area contributed by atoms with Crippen LogP contribution in [0.25, 0.3) is 0 Å². The van der Waals surface area contributed by atoms with Gasteiger partial charge in [-0.3, -0.25) is 9.59 Å². The molecular formula is C9H19N3O3. The average molecular weight is 217 g/mol. The number of nitrogens with one attached hydrogen (secondary N) is 2. The molecule has 0 aromatic carbocycles. The molecule has 0 rings (SSSR count). The minimum atomic E-state index is -0.713. The van der Waals surface area contributed by atoms with Crippen molar-refractivity contribution in [2.75, 3.05) is 33.8 Å². The number of hydrogen-bond donors (Lipinski definition) is 3. The fourth-order valence-electron chi connectivity index (χ4n) is 0.808. The Hall–Kier alpha value is -1.14. The largest absolute Gasteiger partial charge is 0.394 e. The summed E-state index contributed by atoms with van der Waals surface area (Å²) in [5.41, 5.74) is 0. The van der Waals surface area contributed by atoms with Crippen molar-refractivity contribution >= 4 is 11.8 Å². The van der Waals surface area contributed by atoms with Crippen LogP contribution >= 0.6 is 0 Å². The van der Waals surface area contributed by atoms with Crippen molar-refractivity contribution in [2.24, 2.45) is 0 Å². The van der Waals surface area contributed by atoms with Crippen LogP contribution < -0.4 is 10.6 Å². The lowest BCUT2D eigenvalue weighted by atomic mass is 10.3. The van der Waals surface area contributed by atoms with Crippen LogP contribution in [0.5, 0.6) is 0 Å². The summed E-state index contributed by atoms with van der Waals surface area (Å²) < 4.78 is 0. The maximum Gasteiger partial charge on any atom is 0.309 e. The van der Waals surface area contributed by atoms with Gasteiger partial charge >= 0.3 is 11.8 Å². The minimum absolute atomic E-state index is 0.184. The van der Waals surface area contributed by atoms with Crippen molar-refractivity contribution in [3.63, 3.8) is 0 Å². The summed E-state index contributed by atoms with van der Waals surface area (Å²) >= 11 is 0. The average Bonchev–Trinajstić information content (AvgIpc) is 2.16. The molecule has 0 bridgehead atoms. The highest BCUT2D eigenvalue weighted by molar-refractivity contribution is 6.35. The van der Waals surface area contributed by atoms with E-state index in [4.69, 9.17) is 5.11 Å². The summed E-state index contributed by atoms with van der Waals surface area (Å²) in [6, 6.07) is -0.405. The van der Waals surface area contributed by atoms with Crippen LogP contribution in [-0.4, -0.2) is 61.7 Å². The van der Waals surface area contributed by atoms with Crippen LogP contribution in [0.1, 0.15) is 6.92 Å². The van der Waals surface area contributed by atoms with Gasteiger partial charge in [0.05, 0.1) is 6.61 Å². The topological polar surface area (TPSA) is 81.7 Å². The Labute approximate surface area is 89.6 Å². The minimum Gasteiger partial charge on any atom is -0.394 e. The van der Waals surface area contributed by atoms with E-state index in [-0.39, 0.29) is 6.61 Å². The third kappa shape index (κ3) is 6.87. The second kappa shape index (κ2) is 7.19. The normalized spacial score (nSPS) is 12.3. The van der Waals surface area contributed by atoms with Crippen LogP contribution in [0, 0.1) is 0 Å². The smallest absolute Gasteiger partial charge is 0.309 e. The number of nitrogens with zero attached hydrogens (tertiary/aromatic N) is 1. The standard InChI is InChI=1S/C9H19N3O3/c1-7(6-13)11-9(15)8(14)10-4-5-12(2)3/h7,13H,4-6H2,1-3H3,(H,10,14)(H,11,15). The predicted octanol–water partition coefficient (Wildman–Crippen LogP) is -1.84. The Morgan fingerprint density at radius 2 is 1.93 bits per heavy atom. The Bertz CT molecular complexity index is 219. The van der Waals surface area contributed by atoms with Crippen LogP contribution in [-0.2, 0) is 9.59 Å². The molecule has 0 fully saturated rings. The molecule has 6 nitrogen and oxygen atoms in total. The van der Waals surface area contributed by atoms with Crippen molar-refractivity contribution in [1.29, 1.82) is 0 Å². The van der Waals surface area contributed by atoms with E-state index >= 15 is 0 Å². The fourth-order valence-corrected chi connectivity index (χ4v) is 0.808. The van der Waals surface area contributed by atoms with Crippen LogP contribution in [0.3, 0.4) is 0 Å². The third-order valence-electron chi connectivity index (χ3n) is 1.70. The Kier molecular flexibility index (Phi) is 6.64. The number of carbonyl (C=O) groups is 2. The molecule has 15 heavy (non-hydrogen) atoms. The van der Waals surface area contributed by atoms with Gasteiger partial charge in [-0.1, -0.05) is 0 Å². The number of aliphatic hydroxyl groups excluding tert-OH is 1. The first-order chi connectivity index (χ1) is 6.97. The zero-order valence-corrected chi connectivity index (χ0v) is 9.41. The molecule has 0 spiro atoms. The second-order valence-corrected chi connectivity index (χ2v) is 3.62. The lowest BCUT2D eigenvalue weighted by molar-refractivity contribution is -0.139. The SMILES string of the molecule is CC(CO)NC(=O)C(=O)NCCN(C)C. The summed E-state index contributed by atoms with van der Waals surface area (Å²) in [7, 11) is 3.75. The molecule has 0 radical (unpaired) electrons. The van der Waals surface area contributed by atoms with Gasteiger partial charge in [0.25, 0.3) is 0 Å². The van der Waals surface area contributed by atoms with Gasteiger partial charge < -0.3 is 20.6 Å². The van der Waals surface area contributed by atoms with Gasteiger partial charge in [-0.2, -0.15) is 0 Å². The quantitative estimate of drug-likeness (QED) is 0.473. The van der Waals surface area contributed by atoms with Crippen molar-refractivity contribution in [1.82, 2.24) is 15.5 Å². The molecule has 1 unspecified atom stereocenters. The number of aliphatic hydroxyl groups is 1. The molecule has 0 aromatic rings. The van der Waals surface area contributed by atoms with Crippen molar-refractivity contribution in [3.05, 3.63) is 0 Å². The highest BCUT2D eigenvalue weighted by atomic mass is 16.3. The first-order valence-corrected chi connectivity index (χ1v) is 4.81. The van der Waals surface area contributed by atoms with Gasteiger partial charge in [0.2, 0.25) is 0 Å². The van der Waals surface area contributed by atoms with Crippen LogP contribution in [0.2, 0.25) is 0 Å². The van der Waals surface area contributed by atoms with E-state index in [1.165, 1.54) is 0 Å². The first kappa shape index (κ1) is 13.9. The van der Waals surface area contributed by atoms with Crippen molar-refractivity contribution in [2.45, 2.75) is 13.0 Å². The van der Waals surface area contributed by atoms with Gasteiger partial charge in [-0.05, 0) is 21.0 Å². The lowest BCUT2D eigenvalue weighted by Crippen LogP contribution is -2.46. The molecule has 0 saturated heterocycles. The number of rotatable bonds is 5. The molecule has 1 atom stereocenters. The van der Waals surface area contributed by atoms with Gasteiger partial charge in [-0.15, -0.1) is 0 Å². The maximum absolute atomic E-state index is 11.2.